The Morgan fingerprint density at radius 2 is 2.22 bits per heavy atom. The van der Waals surface area contributed by atoms with Crippen LogP contribution < -0.4 is 5.32 Å². The minimum atomic E-state index is -0.716. The molecule has 2 N–H and O–H groups in total. The van der Waals surface area contributed by atoms with Crippen molar-refractivity contribution in [1.82, 2.24) is 5.32 Å². The maximum Gasteiger partial charge on any atom is 0.244 e. The smallest absolute Gasteiger partial charge is 0.244 e. The average Bonchev–Trinajstić information content (AvgIpc) is 2.88. The first-order chi connectivity index (χ1) is 8.68. The summed E-state index contributed by atoms with van der Waals surface area (Å²) in [4.78, 5) is 11.6. The Morgan fingerprint density at radius 3 is 2.89 bits per heavy atom. The highest BCUT2D eigenvalue weighted by atomic mass is 16.3. The van der Waals surface area contributed by atoms with Crippen LogP contribution in [0.1, 0.15) is 37.9 Å². The molecule has 0 bridgehead atoms. The molecule has 1 heterocycles. The van der Waals surface area contributed by atoms with E-state index in [0.717, 1.165) is 25.7 Å². The van der Waals surface area contributed by atoms with Crippen LogP contribution in [0.4, 0.5) is 0 Å². The summed E-state index contributed by atoms with van der Waals surface area (Å²) in [5, 5.41) is 13.0. The molecule has 1 amide bonds. The third kappa shape index (κ3) is 3.74. The van der Waals surface area contributed by atoms with E-state index < -0.39 is 5.60 Å². The highest BCUT2D eigenvalue weighted by molar-refractivity contribution is 5.91. The third-order valence-electron chi connectivity index (χ3n) is 3.32. The van der Waals surface area contributed by atoms with Crippen molar-refractivity contribution in [3.8, 4) is 0 Å². The Balaban J connectivity index is 1.77. The van der Waals surface area contributed by atoms with Crippen LogP contribution in [0.5, 0.6) is 0 Å². The SMILES string of the molecule is O=C(C=Cc1ccco1)NCC1(O)CCCCC1. The van der Waals surface area contributed by atoms with Crippen LogP contribution in [0.15, 0.2) is 28.9 Å². The van der Waals surface area contributed by atoms with Crippen LogP contribution in [0, 0.1) is 0 Å². The second-order valence-electron chi connectivity index (χ2n) is 4.85. The number of nitrogens with one attached hydrogen (secondary N) is 1. The molecule has 1 saturated carbocycles. The van der Waals surface area contributed by atoms with Crippen LogP contribution in [-0.4, -0.2) is 23.2 Å². The van der Waals surface area contributed by atoms with Crippen LogP contribution in [0.2, 0.25) is 0 Å². The van der Waals surface area contributed by atoms with E-state index in [1.54, 1.807) is 24.5 Å². The lowest BCUT2D eigenvalue weighted by atomic mass is 9.85. The van der Waals surface area contributed by atoms with E-state index in [-0.39, 0.29) is 5.91 Å². The lowest BCUT2D eigenvalue weighted by molar-refractivity contribution is -0.118. The Morgan fingerprint density at radius 1 is 1.44 bits per heavy atom. The lowest BCUT2D eigenvalue weighted by Crippen LogP contribution is -2.43. The number of hydrogen-bond donors (Lipinski definition) is 2. The van der Waals surface area contributed by atoms with Gasteiger partial charge >= 0.3 is 0 Å². The zero-order valence-corrected chi connectivity index (χ0v) is 10.4. The number of furan rings is 1. The maximum absolute atomic E-state index is 11.6. The van der Waals surface area contributed by atoms with Crippen molar-refractivity contribution in [3.63, 3.8) is 0 Å². The van der Waals surface area contributed by atoms with Gasteiger partial charge in [-0.3, -0.25) is 4.79 Å². The quantitative estimate of drug-likeness (QED) is 0.803. The van der Waals surface area contributed by atoms with Crippen molar-refractivity contribution >= 4 is 12.0 Å². The first-order valence-electron chi connectivity index (χ1n) is 6.40. The fourth-order valence-electron chi connectivity index (χ4n) is 2.24. The molecule has 0 spiro atoms. The van der Waals surface area contributed by atoms with Gasteiger partial charge in [-0.05, 0) is 31.1 Å². The monoisotopic (exact) mass is 249 g/mol. The number of carbonyl (C=O) groups excluding carboxylic acids is 1. The summed E-state index contributed by atoms with van der Waals surface area (Å²) in [5.74, 6) is 0.437. The predicted molar refractivity (Wildman–Crippen MR) is 68.8 cm³/mol. The second-order valence-corrected chi connectivity index (χ2v) is 4.85. The predicted octanol–water partition coefficient (Wildman–Crippen LogP) is 2.10. The molecule has 4 nitrogen and oxygen atoms in total. The standard InChI is InChI=1S/C14H19NO3/c16-13(7-6-12-5-4-10-18-12)15-11-14(17)8-2-1-3-9-14/h4-7,10,17H,1-3,8-9,11H2,(H,15,16). The van der Waals surface area contributed by atoms with Gasteiger partial charge in [0.15, 0.2) is 0 Å². The third-order valence-corrected chi connectivity index (χ3v) is 3.32. The molecule has 1 aromatic rings. The fourth-order valence-corrected chi connectivity index (χ4v) is 2.24. The van der Waals surface area contributed by atoms with Crippen LogP contribution in [0.25, 0.3) is 6.08 Å². The van der Waals surface area contributed by atoms with Gasteiger partial charge in [0.05, 0.1) is 11.9 Å². The molecule has 1 aliphatic rings. The second kappa shape index (κ2) is 5.87. The van der Waals surface area contributed by atoms with Gasteiger partial charge in [0.25, 0.3) is 0 Å². The normalized spacial score (nSPS) is 18.9. The van der Waals surface area contributed by atoms with Gasteiger partial charge in [0, 0.05) is 12.6 Å². The molecule has 1 aliphatic carbocycles. The lowest BCUT2D eigenvalue weighted by Gasteiger charge is -2.31. The average molecular weight is 249 g/mol. The number of amides is 1. The molecular formula is C14H19NO3. The molecule has 0 atom stereocenters. The summed E-state index contributed by atoms with van der Waals surface area (Å²) < 4.78 is 5.08. The van der Waals surface area contributed by atoms with Gasteiger partial charge < -0.3 is 14.8 Å². The Kier molecular flexibility index (Phi) is 4.20. The van der Waals surface area contributed by atoms with Crippen LogP contribution >= 0.6 is 0 Å². The Hall–Kier alpha value is -1.55. The van der Waals surface area contributed by atoms with Crippen molar-refractivity contribution in [2.75, 3.05) is 6.54 Å². The summed E-state index contributed by atoms with van der Waals surface area (Å²) >= 11 is 0. The van der Waals surface area contributed by atoms with Crippen molar-refractivity contribution in [2.24, 2.45) is 0 Å². The minimum Gasteiger partial charge on any atom is -0.465 e. The summed E-state index contributed by atoms with van der Waals surface area (Å²) in [7, 11) is 0. The van der Waals surface area contributed by atoms with E-state index in [1.165, 1.54) is 12.5 Å². The number of rotatable bonds is 4. The molecule has 0 aromatic carbocycles. The van der Waals surface area contributed by atoms with E-state index in [0.29, 0.717) is 12.3 Å². The number of carbonyl (C=O) groups is 1. The van der Waals surface area contributed by atoms with E-state index in [2.05, 4.69) is 5.32 Å². The van der Waals surface area contributed by atoms with E-state index >= 15 is 0 Å². The molecule has 98 valence electrons. The summed E-state index contributed by atoms with van der Waals surface area (Å²) in [6, 6.07) is 3.54. The number of aliphatic hydroxyl groups is 1. The van der Waals surface area contributed by atoms with Gasteiger partial charge in [-0.15, -0.1) is 0 Å². The molecule has 18 heavy (non-hydrogen) atoms. The molecule has 0 aliphatic heterocycles. The van der Waals surface area contributed by atoms with Crippen molar-refractivity contribution < 1.29 is 14.3 Å². The topological polar surface area (TPSA) is 62.5 Å². The number of hydrogen-bond acceptors (Lipinski definition) is 3. The van der Waals surface area contributed by atoms with Gasteiger partial charge in [0.2, 0.25) is 5.91 Å². The van der Waals surface area contributed by atoms with E-state index in [9.17, 15) is 9.90 Å². The van der Waals surface area contributed by atoms with Crippen molar-refractivity contribution in [1.29, 1.82) is 0 Å². The molecule has 0 unspecified atom stereocenters. The highest BCUT2D eigenvalue weighted by Crippen LogP contribution is 2.27. The molecule has 0 saturated heterocycles. The first-order valence-corrected chi connectivity index (χ1v) is 6.40. The van der Waals surface area contributed by atoms with Crippen LogP contribution in [-0.2, 0) is 4.79 Å². The Labute approximate surface area is 107 Å². The van der Waals surface area contributed by atoms with Gasteiger partial charge in [0.1, 0.15) is 5.76 Å². The Bertz CT molecular complexity index is 403. The molecule has 1 fully saturated rings. The molecular weight excluding hydrogens is 230 g/mol. The van der Waals surface area contributed by atoms with Gasteiger partial charge in [-0.1, -0.05) is 19.3 Å². The summed E-state index contributed by atoms with van der Waals surface area (Å²) in [6.07, 6.45) is 9.38. The molecule has 2 rings (SSSR count). The van der Waals surface area contributed by atoms with Crippen LogP contribution in [0.3, 0.4) is 0 Å². The highest BCUT2D eigenvalue weighted by Gasteiger charge is 2.29. The van der Waals surface area contributed by atoms with Crippen molar-refractivity contribution in [2.45, 2.75) is 37.7 Å². The zero-order valence-electron chi connectivity index (χ0n) is 10.4. The van der Waals surface area contributed by atoms with E-state index in [1.807, 2.05) is 0 Å². The summed E-state index contributed by atoms with van der Waals surface area (Å²) in [5.41, 5.74) is -0.716. The first kappa shape index (κ1) is 12.9. The fraction of sp³-hybridized carbons (Fsp3) is 0.500. The minimum absolute atomic E-state index is 0.203. The van der Waals surface area contributed by atoms with E-state index in [4.69, 9.17) is 4.42 Å². The van der Waals surface area contributed by atoms with Crippen molar-refractivity contribution in [3.05, 3.63) is 30.2 Å². The molecule has 1 aromatic heterocycles. The maximum atomic E-state index is 11.6. The summed E-state index contributed by atoms with van der Waals surface area (Å²) in [6.45, 7) is 0.328. The molecule has 0 radical (unpaired) electrons. The largest absolute Gasteiger partial charge is 0.465 e. The van der Waals surface area contributed by atoms with Gasteiger partial charge in [-0.25, -0.2) is 0 Å². The zero-order chi connectivity index (χ0) is 12.8. The van der Waals surface area contributed by atoms with Gasteiger partial charge in [-0.2, -0.15) is 0 Å². The molecule has 4 heteroatoms.